The summed E-state index contributed by atoms with van der Waals surface area (Å²) in [5.41, 5.74) is 1.70. The Labute approximate surface area is 182 Å². The van der Waals surface area contributed by atoms with Crippen LogP contribution in [0, 0.1) is 6.92 Å². The van der Waals surface area contributed by atoms with E-state index in [1.165, 1.54) is 0 Å². The number of piperazine rings is 2. The number of urea groups is 1. The van der Waals surface area contributed by atoms with Crippen molar-refractivity contribution >= 4 is 35.0 Å². The second-order valence-electron chi connectivity index (χ2n) is 7.89. The Morgan fingerprint density at radius 3 is 2.13 bits per heavy atom. The van der Waals surface area contributed by atoms with Crippen molar-refractivity contribution in [2.24, 2.45) is 0 Å². The number of nitrogens with one attached hydrogen (secondary N) is 1. The van der Waals surface area contributed by atoms with Gasteiger partial charge in [0.25, 0.3) is 0 Å². The molecule has 0 radical (unpaired) electrons. The minimum Gasteiger partial charge on any atom is -0.354 e. The standard InChI is InChI=1S/C21H28ClN7O/c1-16-3-4-17(13-18(16)22)25-21(30)29-11-9-28(10-12-29)20-14-19(23-15-24-20)27-7-5-26(2)6-8-27/h3-4,13-15H,5-12H2,1-2H3,(H,25,30). The van der Waals surface area contributed by atoms with E-state index >= 15 is 0 Å². The number of carbonyl (C=O) groups is 1. The van der Waals surface area contributed by atoms with Crippen LogP contribution in [0.1, 0.15) is 5.56 Å². The van der Waals surface area contributed by atoms with Gasteiger partial charge in [-0.25, -0.2) is 14.8 Å². The maximum Gasteiger partial charge on any atom is 0.321 e. The first-order chi connectivity index (χ1) is 14.5. The molecule has 2 fully saturated rings. The molecule has 4 rings (SSSR count). The number of nitrogens with zero attached hydrogens (tertiary/aromatic N) is 6. The normalized spacial score (nSPS) is 17.9. The topological polar surface area (TPSA) is 67.8 Å². The highest BCUT2D eigenvalue weighted by atomic mass is 35.5. The summed E-state index contributed by atoms with van der Waals surface area (Å²) >= 11 is 6.16. The van der Waals surface area contributed by atoms with Crippen LogP contribution in [0.15, 0.2) is 30.6 Å². The molecule has 0 atom stereocenters. The molecule has 0 spiro atoms. The zero-order valence-electron chi connectivity index (χ0n) is 17.5. The maximum absolute atomic E-state index is 12.6. The Morgan fingerprint density at radius 2 is 1.53 bits per heavy atom. The molecule has 0 bridgehead atoms. The lowest BCUT2D eigenvalue weighted by Gasteiger charge is -2.36. The monoisotopic (exact) mass is 429 g/mol. The average molecular weight is 430 g/mol. The van der Waals surface area contributed by atoms with Crippen LogP contribution in [0.2, 0.25) is 5.02 Å². The van der Waals surface area contributed by atoms with Gasteiger partial charge in [-0.2, -0.15) is 0 Å². The number of benzene rings is 1. The molecule has 2 saturated heterocycles. The summed E-state index contributed by atoms with van der Waals surface area (Å²) in [6.45, 7) is 8.73. The average Bonchev–Trinajstić information content (AvgIpc) is 2.77. The van der Waals surface area contributed by atoms with Gasteiger partial charge >= 0.3 is 6.03 Å². The maximum atomic E-state index is 12.6. The number of aryl methyl sites for hydroxylation is 1. The summed E-state index contributed by atoms with van der Waals surface area (Å²) in [5.74, 6) is 1.90. The first-order valence-corrected chi connectivity index (χ1v) is 10.7. The zero-order valence-corrected chi connectivity index (χ0v) is 18.3. The number of carbonyl (C=O) groups excluding carboxylic acids is 1. The fourth-order valence-electron chi connectivity index (χ4n) is 3.73. The molecular formula is C21H28ClN7O. The van der Waals surface area contributed by atoms with Gasteiger partial charge in [-0.05, 0) is 31.7 Å². The van der Waals surface area contributed by atoms with E-state index in [2.05, 4.69) is 43.1 Å². The number of likely N-dealkylation sites (N-methyl/N-ethyl adjacent to an activating group) is 1. The Hall–Kier alpha value is -2.58. The fraction of sp³-hybridized carbons (Fsp3) is 0.476. The lowest BCUT2D eigenvalue weighted by Crippen LogP contribution is -2.50. The molecule has 2 aromatic rings. The molecule has 3 heterocycles. The summed E-state index contributed by atoms with van der Waals surface area (Å²) in [4.78, 5) is 30.2. The molecule has 2 aliphatic rings. The van der Waals surface area contributed by atoms with Gasteiger partial charge in [-0.15, -0.1) is 0 Å². The third-order valence-electron chi connectivity index (χ3n) is 5.78. The molecule has 9 heteroatoms. The second-order valence-corrected chi connectivity index (χ2v) is 8.30. The number of hydrogen-bond donors (Lipinski definition) is 1. The first kappa shape index (κ1) is 20.7. The summed E-state index contributed by atoms with van der Waals surface area (Å²) in [6, 6.07) is 7.52. The van der Waals surface area contributed by atoms with Gasteiger partial charge in [0, 0.05) is 69.1 Å². The molecule has 0 unspecified atom stereocenters. The molecule has 1 N–H and O–H groups in total. The second kappa shape index (κ2) is 9.06. The highest BCUT2D eigenvalue weighted by Gasteiger charge is 2.23. The molecule has 1 aromatic heterocycles. The van der Waals surface area contributed by atoms with Crippen LogP contribution in [0.4, 0.5) is 22.1 Å². The van der Waals surface area contributed by atoms with E-state index in [-0.39, 0.29) is 6.03 Å². The molecule has 2 amide bonds. The van der Waals surface area contributed by atoms with Crippen LogP contribution >= 0.6 is 11.6 Å². The Bertz CT molecular complexity index is 893. The van der Waals surface area contributed by atoms with Gasteiger partial charge in [-0.3, -0.25) is 0 Å². The van der Waals surface area contributed by atoms with Gasteiger partial charge in [-0.1, -0.05) is 17.7 Å². The molecule has 0 aliphatic carbocycles. The van der Waals surface area contributed by atoms with Crippen molar-refractivity contribution in [3.8, 4) is 0 Å². The van der Waals surface area contributed by atoms with Crippen LogP contribution in [-0.2, 0) is 0 Å². The van der Waals surface area contributed by atoms with Crippen LogP contribution in [-0.4, -0.2) is 85.2 Å². The molecule has 160 valence electrons. The summed E-state index contributed by atoms with van der Waals surface area (Å²) in [7, 11) is 2.14. The van der Waals surface area contributed by atoms with Crippen LogP contribution < -0.4 is 15.1 Å². The van der Waals surface area contributed by atoms with Crippen molar-refractivity contribution in [2.45, 2.75) is 6.92 Å². The zero-order chi connectivity index (χ0) is 21.1. The van der Waals surface area contributed by atoms with E-state index in [4.69, 9.17) is 11.6 Å². The lowest BCUT2D eigenvalue weighted by atomic mass is 10.2. The SMILES string of the molecule is Cc1ccc(NC(=O)N2CCN(c3cc(N4CCN(C)CC4)ncn3)CC2)cc1Cl. The number of hydrogen-bond acceptors (Lipinski definition) is 6. The number of anilines is 3. The number of halogens is 1. The van der Waals surface area contributed by atoms with Gasteiger partial charge in [0.05, 0.1) is 0 Å². The predicted molar refractivity (Wildman–Crippen MR) is 121 cm³/mol. The van der Waals surface area contributed by atoms with Crippen molar-refractivity contribution in [1.29, 1.82) is 0 Å². The van der Waals surface area contributed by atoms with Crippen LogP contribution in [0.25, 0.3) is 0 Å². The van der Waals surface area contributed by atoms with E-state index in [0.717, 1.165) is 56.5 Å². The van der Waals surface area contributed by atoms with Crippen molar-refractivity contribution in [3.05, 3.63) is 41.2 Å². The molecule has 1 aromatic carbocycles. The van der Waals surface area contributed by atoms with Gasteiger partial charge in [0.2, 0.25) is 0 Å². The number of aromatic nitrogens is 2. The van der Waals surface area contributed by atoms with Gasteiger partial charge in [0.1, 0.15) is 18.0 Å². The fourth-order valence-corrected chi connectivity index (χ4v) is 3.91. The van der Waals surface area contributed by atoms with Crippen molar-refractivity contribution in [1.82, 2.24) is 19.8 Å². The van der Waals surface area contributed by atoms with Crippen molar-refractivity contribution in [3.63, 3.8) is 0 Å². The third-order valence-corrected chi connectivity index (χ3v) is 6.19. The minimum atomic E-state index is -0.101. The predicted octanol–water partition coefficient (Wildman–Crippen LogP) is 2.54. The Morgan fingerprint density at radius 1 is 0.933 bits per heavy atom. The van der Waals surface area contributed by atoms with Crippen molar-refractivity contribution < 1.29 is 4.79 Å². The highest BCUT2D eigenvalue weighted by Crippen LogP contribution is 2.22. The van der Waals surface area contributed by atoms with E-state index < -0.39 is 0 Å². The Kier molecular flexibility index (Phi) is 6.24. The molecule has 30 heavy (non-hydrogen) atoms. The molecular weight excluding hydrogens is 402 g/mol. The number of amides is 2. The smallest absolute Gasteiger partial charge is 0.321 e. The summed E-state index contributed by atoms with van der Waals surface area (Å²) in [6.07, 6.45) is 1.64. The molecule has 0 saturated carbocycles. The van der Waals surface area contributed by atoms with E-state index in [1.807, 2.05) is 24.0 Å². The van der Waals surface area contributed by atoms with E-state index in [1.54, 1.807) is 12.4 Å². The minimum absolute atomic E-state index is 0.101. The number of rotatable bonds is 3. The van der Waals surface area contributed by atoms with E-state index in [0.29, 0.717) is 23.8 Å². The summed E-state index contributed by atoms with van der Waals surface area (Å²) < 4.78 is 0. The quantitative estimate of drug-likeness (QED) is 0.808. The Balaban J connectivity index is 1.33. The highest BCUT2D eigenvalue weighted by molar-refractivity contribution is 6.31. The van der Waals surface area contributed by atoms with Gasteiger partial charge < -0.3 is 24.9 Å². The van der Waals surface area contributed by atoms with Crippen LogP contribution in [0.5, 0.6) is 0 Å². The molecule has 8 nitrogen and oxygen atoms in total. The lowest BCUT2D eigenvalue weighted by molar-refractivity contribution is 0.208. The van der Waals surface area contributed by atoms with Crippen molar-refractivity contribution in [2.75, 3.05) is 74.5 Å². The van der Waals surface area contributed by atoms with E-state index in [9.17, 15) is 4.79 Å². The first-order valence-electron chi connectivity index (χ1n) is 10.3. The third kappa shape index (κ3) is 4.76. The summed E-state index contributed by atoms with van der Waals surface area (Å²) in [5, 5.41) is 3.59. The molecule has 2 aliphatic heterocycles. The van der Waals surface area contributed by atoms with Gasteiger partial charge in [0.15, 0.2) is 0 Å². The largest absolute Gasteiger partial charge is 0.354 e. The van der Waals surface area contributed by atoms with Crippen LogP contribution in [0.3, 0.4) is 0 Å².